The lowest BCUT2D eigenvalue weighted by Gasteiger charge is -2.28. The van der Waals surface area contributed by atoms with Crippen molar-refractivity contribution in [1.29, 1.82) is 0 Å². The molecule has 0 aromatic heterocycles. The van der Waals surface area contributed by atoms with Gasteiger partial charge >= 0.3 is 5.97 Å². The molecule has 0 spiro atoms. The second-order valence-electron chi connectivity index (χ2n) is 5.30. The SMILES string of the molecule is CCCOC(=O)C(C(C)=O)=C1SC(N(C)C)C(N(C)C)S1. The highest BCUT2D eigenvalue weighted by molar-refractivity contribution is 8.26. The van der Waals surface area contributed by atoms with Gasteiger partial charge in [0.15, 0.2) is 5.78 Å². The average molecular weight is 332 g/mol. The van der Waals surface area contributed by atoms with E-state index >= 15 is 0 Å². The van der Waals surface area contributed by atoms with Crippen molar-refractivity contribution in [2.45, 2.75) is 31.0 Å². The van der Waals surface area contributed by atoms with Gasteiger partial charge in [0.2, 0.25) is 0 Å². The van der Waals surface area contributed by atoms with Gasteiger partial charge < -0.3 is 4.74 Å². The molecule has 1 aliphatic heterocycles. The van der Waals surface area contributed by atoms with Crippen LogP contribution in [-0.4, -0.2) is 67.1 Å². The smallest absolute Gasteiger partial charge is 0.343 e. The first kappa shape index (κ1) is 18.5. The summed E-state index contributed by atoms with van der Waals surface area (Å²) in [5.74, 6) is -0.737. The maximum absolute atomic E-state index is 12.1. The van der Waals surface area contributed by atoms with Crippen LogP contribution in [0.15, 0.2) is 9.81 Å². The number of Topliss-reactive ketones (excluding diaryl/α,β-unsaturated/α-hetero) is 1. The summed E-state index contributed by atoms with van der Waals surface area (Å²) in [6.07, 6.45) is 0.743. The van der Waals surface area contributed by atoms with Gasteiger partial charge in [-0.2, -0.15) is 0 Å². The fourth-order valence-corrected chi connectivity index (χ4v) is 5.26. The summed E-state index contributed by atoms with van der Waals surface area (Å²) in [6, 6.07) is 0. The van der Waals surface area contributed by atoms with Gasteiger partial charge in [0.25, 0.3) is 0 Å². The van der Waals surface area contributed by atoms with E-state index in [1.807, 2.05) is 35.1 Å². The van der Waals surface area contributed by atoms with Gasteiger partial charge in [0.1, 0.15) is 5.57 Å². The number of nitrogens with zero attached hydrogens (tertiary/aromatic N) is 2. The Bertz CT molecular complexity index is 418. The Hall–Kier alpha value is -0.500. The predicted molar refractivity (Wildman–Crippen MR) is 89.1 cm³/mol. The minimum absolute atomic E-state index is 0.188. The molecule has 1 heterocycles. The van der Waals surface area contributed by atoms with Crippen LogP contribution in [0.5, 0.6) is 0 Å². The molecule has 7 heteroatoms. The van der Waals surface area contributed by atoms with Crippen molar-refractivity contribution in [2.75, 3.05) is 34.8 Å². The van der Waals surface area contributed by atoms with Crippen LogP contribution in [0.4, 0.5) is 0 Å². The molecule has 120 valence electrons. The van der Waals surface area contributed by atoms with Gasteiger partial charge in [-0.05, 0) is 41.5 Å². The van der Waals surface area contributed by atoms with Crippen LogP contribution in [0, 0.1) is 0 Å². The molecular formula is C14H24N2O3S2. The van der Waals surface area contributed by atoms with Gasteiger partial charge in [0, 0.05) is 0 Å². The summed E-state index contributed by atoms with van der Waals surface area (Å²) in [5.41, 5.74) is 0.189. The third-order valence-corrected chi connectivity index (χ3v) is 6.34. The van der Waals surface area contributed by atoms with Gasteiger partial charge in [-0.15, -0.1) is 0 Å². The number of carbonyl (C=O) groups excluding carboxylic acids is 2. The molecule has 0 bridgehead atoms. The minimum Gasteiger partial charge on any atom is -0.462 e. The van der Waals surface area contributed by atoms with E-state index in [0.717, 1.165) is 10.7 Å². The fourth-order valence-electron chi connectivity index (χ4n) is 1.84. The molecule has 2 unspecified atom stereocenters. The zero-order chi connectivity index (χ0) is 16.2. The van der Waals surface area contributed by atoms with Gasteiger partial charge in [-0.1, -0.05) is 30.4 Å². The van der Waals surface area contributed by atoms with Crippen molar-refractivity contribution >= 4 is 35.3 Å². The van der Waals surface area contributed by atoms with Crippen molar-refractivity contribution in [1.82, 2.24) is 9.80 Å². The molecule has 0 amide bonds. The van der Waals surface area contributed by atoms with Crippen LogP contribution >= 0.6 is 23.5 Å². The average Bonchev–Trinajstić information content (AvgIpc) is 2.81. The summed E-state index contributed by atoms with van der Waals surface area (Å²) in [6.45, 7) is 3.69. The minimum atomic E-state index is -0.503. The molecule has 5 nitrogen and oxygen atoms in total. The van der Waals surface area contributed by atoms with Crippen molar-refractivity contribution in [3.05, 3.63) is 9.81 Å². The summed E-state index contributed by atoms with van der Waals surface area (Å²) in [7, 11) is 8.00. The van der Waals surface area contributed by atoms with Crippen LogP contribution in [0.3, 0.4) is 0 Å². The van der Waals surface area contributed by atoms with Gasteiger partial charge in [0.05, 0.1) is 21.6 Å². The number of rotatable bonds is 6. The number of carbonyl (C=O) groups is 2. The molecule has 1 fully saturated rings. The largest absolute Gasteiger partial charge is 0.462 e. The molecule has 1 rings (SSSR count). The molecule has 1 aliphatic rings. The van der Waals surface area contributed by atoms with Gasteiger partial charge in [-0.25, -0.2) is 4.79 Å². The monoisotopic (exact) mass is 332 g/mol. The van der Waals surface area contributed by atoms with E-state index in [1.165, 1.54) is 6.92 Å². The molecule has 0 aromatic rings. The Morgan fingerprint density at radius 3 is 1.90 bits per heavy atom. The molecule has 0 N–H and O–H groups in total. The summed E-state index contributed by atoms with van der Waals surface area (Å²) < 4.78 is 5.91. The Labute approximate surface area is 135 Å². The number of likely N-dealkylation sites (N-methyl/N-ethyl adjacent to an activating group) is 2. The first-order valence-corrected chi connectivity index (χ1v) is 8.64. The van der Waals surface area contributed by atoms with E-state index in [0.29, 0.717) is 6.61 Å². The number of ketones is 1. The zero-order valence-electron chi connectivity index (χ0n) is 13.5. The molecule has 0 aromatic carbocycles. The van der Waals surface area contributed by atoms with E-state index in [2.05, 4.69) is 9.80 Å². The van der Waals surface area contributed by atoms with Crippen molar-refractivity contribution < 1.29 is 14.3 Å². The summed E-state index contributed by atoms with van der Waals surface area (Å²) in [4.78, 5) is 28.2. The predicted octanol–water partition coefficient (Wildman–Crippen LogP) is 2.00. The third kappa shape index (κ3) is 4.74. The van der Waals surface area contributed by atoms with Crippen molar-refractivity contribution in [3.63, 3.8) is 0 Å². The molecule has 0 radical (unpaired) electrons. The third-order valence-electron chi connectivity index (χ3n) is 2.92. The molecular weight excluding hydrogens is 308 g/mol. The Morgan fingerprint density at radius 1 is 1.10 bits per heavy atom. The highest BCUT2D eigenvalue weighted by Gasteiger charge is 2.39. The zero-order valence-corrected chi connectivity index (χ0v) is 15.1. The van der Waals surface area contributed by atoms with Crippen LogP contribution in [0.2, 0.25) is 0 Å². The van der Waals surface area contributed by atoms with Crippen molar-refractivity contribution in [3.8, 4) is 0 Å². The second kappa shape index (κ2) is 8.22. The van der Waals surface area contributed by atoms with E-state index in [4.69, 9.17) is 4.74 Å². The number of hydrogen-bond donors (Lipinski definition) is 0. The quantitative estimate of drug-likeness (QED) is 0.319. The summed E-state index contributed by atoms with van der Waals surface area (Å²) >= 11 is 3.12. The lowest BCUT2D eigenvalue weighted by molar-refractivity contribution is -0.140. The highest BCUT2D eigenvalue weighted by Crippen LogP contribution is 2.50. The lowest BCUT2D eigenvalue weighted by atomic mass is 10.2. The number of thioether (sulfide) groups is 2. The highest BCUT2D eigenvalue weighted by atomic mass is 32.2. The first-order chi connectivity index (χ1) is 9.79. The summed E-state index contributed by atoms with van der Waals surface area (Å²) in [5, 5.41) is 0.377. The van der Waals surface area contributed by atoms with Crippen molar-refractivity contribution in [2.24, 2.45) is 0 Å². The van der Waals surface area contributed by atoms with E-state index in [9.17, 15) is 9.59 Å². The van der Waals surface area contributed by atoms with Crippen LogP contribution < -0.4 is 0 Å². The fraction of sp³-hybridized carbons (Fsp3) is 0.714. The number of hydrogen-bond acceptors (Lipinski definition) is 7. The topological polar surface area (TPSA) is 49.9 Å². The first-order valence-electron chi connectivity index (χ1n) is 6.88. The second-order valence-corrected chi connectivity index (χ2v) is 7.81. The van der Waals surface area contributed by atoms with Gasteiger partial charge in [-0.3, -0.25) is 14.6 Å². The van der Waals surface area contributed by atoms with Crippen LogP contribution in [0.1, 0.15) is 20.3 Å². The Morgan fingerprint density at radius 2 is 1.57 bits per heavy atom. The Balaban J connectivity index is 3.07. The number of ether oxygens (including phenoxy) is 1. The molecule has 2 atom stereocenters. The van der Waals surface area contributed by atoms with E-state index < -0.39 is 5.97 Å². The van der Waals surface area contributed by atoms with Crippen LogP contribution in [-0.2, 0) is 14.3 Å². The van der Waals surface area contributed by atoms with E-state index in [1.54, 1.807) is 23.5 Å². The molecule has 0 saturated carbocycles. The lowest BCUT2D eigenvalue weighted by Crippen LogP contribution is -2.39. The maximum Gasteiger partial charge on any atom is 0.343 e. The normalized spacial score (nSPS) is 22.0. The molecule has 1 saturated heterocycles. The standard InChI is InChI=1S/C14H24N2O3S2/c1-7-8-19-13(18)10(9(2)17)14-20-11(15(3)4)12(21-14)16(5)6/h11-12H,7-8H2,1-6H3. The Kier molecular flexibility index (Phi) is 7.26. The number of esters is 1. The van der Waals surface area contributed by atoms with E-state index in [-0.39, 0.29) is 22.1 Å². The molecule has 0 aliphatic carbocycles. The maximum atomic E-state index is 12.1. The molecule has 21 heavy (non-hydrogen) atoms. The van der Waals surface area contributed by atoms with Crippen LogP contribution in [0.25, 0.3) is 0 Å².